The number of rotatable bonds is 0. The molecule has 0 heteroatoms. The van der Waals surface area contributed by atoms with Crippen molar-refractivity contribution in [1.82, 2.24) is 0 Å². The molecule has 0 aliphatic heterocycles. The van der Waals surface area contributed by atoms with Gasteiger partial charge in [0.05, 0.1) is 0 Å². The zero-order valence-corrected chi connectivity index (χ0v) is 9.38. The van der Waals surface area contributed by atoms with Gasteiger partial charge in [-0.3, -0.25) is 0 Å². The smallest absolute Gasteiger partial charge is 0.0288 e. The van der Waals surface area contributed by atoms with Crippen LogP contribution in [0.15, 0.2) is 30.4 Å². The van der Waals surface area contributed by atoms with Crippen molar-refractivity contribution in [3.8, 4) is 0 Å². The van der Waals surface area contributed by atoms with Crippen LogP contribution in [0.4, 0.5) is 0 Å². The summed E-state index contributed by atoms with van der Waals surface area (Å²) in [5, 5.41) is 3.17. The van der Waals surface area contributed by atoms with Crippen molar-refractivity contribution < 1.29 is 0 Å². The van der Waals surface area contributed by atoms with Gasteiger partial charge in [0.15, 0.2) is 0 Å². The molecule has 0 saturated heterocycles. The average Bonchev–Trinajstić information content (AvgIpc) is 3.18. The molecular weight excluding hydrogens is 204 g/mol. The van der Waals surface area contributed by atoms with Crippen molar-refractivity contribution in [1.29, 1.82) is 0 Å². The zero-order valence-electron chi connectivity index (χ0n) is 9.38. The fourth-order valence-electron chi connectivity index (χ4n) is 4.01. The highest BCUT2D eigenvalue weighted by Gasteiger charge is 2.43. The molecular formula is C17H10. The first-order chi connectivity index (χ1) is 8.43. The van der Waals surface area contributed by atoms with Gasteiger partial charge < -0.3 is 0 Å². The van der Waals surface area contributed by atoms with E-state index >= 15 is 0 Å². The molecule has 0 radical (unpaired) electrons. The molecule has 0 N–H and O–H groups in total. The number of benzene rings is 2. The SMILES string of the molecule is C1=CC2C(=C1)c1c2c2c(c3c4c(ccc13)C4)C2. The molecule has 6 rings (SSSR count). The minimum atomic E-state index is 0.648. The van der Waals surface area contributed by atoms with E-state index in [1.54, 1.807) is 49.7 Å². The molecule has 2 aromatic carbocycles. The van der Waals surface area contributed by atoms with Crippen LogP contribution in [-0.2, 0) is 12.8 Å². The quantitative estimate of drug-likeness (QED) is 0.418. The summed E-state index contributed by atoms with van der Waals surface area (Å²) in [5.74, 6) is 0.648. The van der Waals surface area contributed by atoms with E-state index < -0.39 is 0 Å². The fraction of sp³-hybridized carbons (Fsp3) is 0.176. The predicted octanol–water partition coefficient (Wildman–Crippen LogP) is 3.70. The van der Waals surface area contributed by atoms with Gasteiger partial charge in [-0.05, 0) is 62.6 Å². The highest BCUT2D eigenvalue weighted by Crippen LogP contribution is 2.60. The van der Waals surface area contributed by atoms with Crippen LogP contribution in [0, 0.1) is 0 Å². The van der Waals surface area contributed by atoms with E-state index in [-0.39, 0.29) is 0 Å². The summed E-state index contributed by atoms with van der Waals surface area (Å²) in [6, 6.07) is 4.71. The summed E-state index contributed by atoms with van der Waals surface area (Å²) in [7, 11) is 0. The molecule has 0 heterocycles. The Morgan fingerprint density at radius 2 is 2.00 bits per heavy atom. The predicted molar refractivity (Wildman–Crippen MR) is 69.4 cm³/mol. The third-order valence-corrected chi connectivity index (χ3v) is 4.92. The van der Waals surface area contributed by atoms with Crippen LogP contribution in [0.2, 0.25) is 0 Å². The lowest BCUT2D eigenvalue weighted by Crippen LogP contribution is -2.12. The molecule has 0 bridgehead atoms. The standard InChI is InChI=1S/C17H10/c1-2-9-10(3-1)17-14-7-13(14)15-11(16(9)17)5-4-8-6-12(8)15/h1-5,10H,6-7H2. The minimum Gasteiger partial charge on any atom is -0.0726 e. The molecule has 1 atom stereocenters. The van der Waals surface area contributed by atoms with E-state index in [1.165, 1.54) is 12.8 Å². The molecule has 0 saturated carbocycles. The van der Waals surface area contributed by atoms with Crippen molar-refractivity contribution in [3.63, 3.8) is 0 Å². The highest BCUT2D eigenvalue weighted by atomic mass is 14.5. The van der Waals surface area contributed by atoms with Gasteiger partial charge in [0.2, 0.25) is 0 Å². The van der Waals surface area contributed by atoms with Crippen LogP contribution in [0.5, 0.6) is 0 Å². The molecule has 4 aliphatic rings. The van der Waals surface area contributed by atoms with Gasteiger partial charge in [-0.2, -0.15) is 0 Å². The Hall–Kier alpha value is -1.82. The van der Waals surface area contributed by atoms with Crippen molar-refractivity contribution >= 4 is 16.3 Å². The van der Waals surface area contributed by atoms with Gasteiger partial charge in [0, 0.05) is 5.92 Å². The first-order valence-electron chi connectivity index (χ1n) is 6.44. The van der Waals surface area contributed by atoms with Crippen LogP contribution in [0.1, 0.15) is 39.3 Å². The largest absolute Gasteiger partial charge is 0.0726 e. The van der Waals surface area contributed by atoms with Crippen LogP contribution in [0.25, 0.3) is 16.3 Å². The second-order valence-corrected chi connectivity index (χ2v) is 5.71. The Balaban J connectivity index is 1.90. The van der Waals surface area contributed by atoms with Gasteiger partial charge in [-0.15, -0.1) is 0 Å². The average molecular weight is 214 g/mol. The molecule has 17 heavy (non-hydrogen) atoms. The van der Waals surface area contributed by atoms with Gasteiger partial charge >= 0.3 is 0 Å². The summed E-state index contributed by atoms with van der Waals surface area (Å²) in [6.07, 6.45) is 9.41. The number of fused-ring (bicyclic) bond motifs is 11. The third kappa shape index (κ3) is 0.643. The van der Waals surface area contributed by atoms with Crippen LogP contribution in [0.3, 0.4) is 0 Å². The van der Waals surface area contributed by atoms with Crippen LogP contribution >= 0.6 is 0 Å². The third-order valence-electron chi connectivity index (χ3n) is 4.92. The Labute approximate surface area is 99.3 Å². The van der Waals surface area contributed by atoms with Gasteiger partial charge in [0.25, 0.3) is 0 Å². The summed E-state index contributed by atoms with van der Waals surface area (Å²) < 4.78 is 0. The maximum Gasteiger partial charge on any atom is 0.0288 e. The Bertz CT molecular complexity index is 831. The van der Waals surface area contributed by atoms with Crippen molar-refractivity contribution in [3.05, 3.63) is 63.7 Å². The second-order valence-electron chi connectivity index (χ2n) is 5.71. The Morgan fingerprint density at radius 3 is 3.00 bits per heavy atom. The van der Waals surface area contributed by atoms with E-state index in [9.17, 15) is 0 Å². The van der Waals surface area contributed by atoms with Crippen molar-refractivity contribution in [2.24, 2.45) is 0 Å². The van der Waals surface area contributed by atoms with E-state index in [1.807, 2.05) is 0 Å². The number of hydrogen-bond donors (Lipinski definition) is 0. The maximum absolute atomic E-state index is 2.37. The lowest BCUT2D eigenvalue weighted by Gasteiger charge is -2.30. The van der Waals surface area contributed by atoms with E-state index in [2.05, 4.69) is 30.4 Å². The summed E-state index contributed by atoms with van der Waals surface area (Å²) in [6.45, 7) is 0. The van der Waals surface area contributed by atoms with Crippen LogP contribution < -0.4 is 0 Å². The second kappa shape index (κ2) is 1.99. The number of hydrogen-bond acceptors (Lipinski definition) is 0. The first kappa shape index (κ1) is 7.50. The summed E-state index contributed by atoms with van der Waals surface area (Å²) in [4.78, 5) is 0. The lowest BCUT2D eigenvalue weighted by atomic mass is 9.72. The molecule has 0 spiro atoms. The fourth-order valence-corrected chi connectivity index (χ4v) is 4.01. The summed E-state index contributed by atoms with van der Waals surface area (Å²) >= 11 is 0. The van der Waals surface area contributed by atoms with Crippen molar-refractivity contribution in [2.45, 2.75) is 18.8 Å². The van der Waals surface area contributed by atoms with Gasteiger partial charge in [-0.1, -0.05) is 30.4 Å². The van der Waals surface area contributed by atoms with Crippen molar-refractivity contribution in [2.75, 3.05) is 0 Å². The normalized spacial score (nSPS) is 23.5. The van der Waals surface area contributed by atoms with Gasteiger partial charge in [-0.25, -0.2) is 0 Å². The Morgan fingerprint density at radius 1 is 1.00 bits per heavy atom. The number of allylic oxidation sites excluding steroid dienone is 4. The topological polar surface area (TPSA) is 0 Å². The maximum atomic E-state index is 2.37. The highest BCUT2D eigenvalue weighted by molar-refractivity contribution is 6.11. The molecule has 78 valence electrons. The lowest BCUT2D eigenvalue weighted by molar-refractivity contribution is 1.04. The molecule has 1 unspecified atom stereocenters. The minimum absolute atomic E-state index is 0.648. The molecule has 2 aromatic rings. The molecule has 0 nitrogen and oxygen atoms in total. The Kier molecular flexibility index (Phi) is 0.878. The first-order valence-corrected chi connectivity index (χ1v) is 6.44. The molecule has 0 aromatic heterocycles. The van der Waals surface area contributed by atoms with Gasteiger partial charge in [0.1, 0.15) is 0 Å². The monoisotopic (exact) mass is 214 g/mol. The van der Waals surface area contributed by atoms with E-state index in [0.717, 1.165) is 0 Å². The molecule has 0 fully saturated rings. The summed E-state index contributed by atoms with van der Waals surface area (Å²) in [5.41, 5.74) is 11.4. The van der Waals surface area contributed by atoms with E-state index in [0.29, 0.717) is 5.92 Å². The zero-order chi connectivity index (χ0) is 10.7. The molecule has 4 aliphatic carbocycles. The van der Waals surface area contributed by atoms with Crippen LogP contribution in [-0.4, -0.2) is 0 Å². The molecule has 0 amide bonds. The van der Waals surface area contributed by atoms with E-state index in [4.69, 9.17) is 0 Å².